The van der Waals surface area contributed by atoms with Crippen molar-refractivity contribution < 1.29 is 5.11 Å². The number of aliphatic hydroxyl groups excluding tert-OH is 1. The molecule has 4 nitrogen and oxygen atoms in total. The van der Waals surface area contributed by atoms with E-state index in [1.165, 1.54) is 0 Å². The fourth-order valence-corrected chi connectivity index (χ4v) is 0.730. The number of nitrogens with zero attached hydrogens (tertiary/aromatic N) is 1. The zero-order valence-corrected chi connectivity index (χ0v) is 6.54. The Morgan fingerprint density at radius 2 is 2.64 bits per heavy atom. The lowest BCUT2D eigenvalue weighted by molar-refractivity contribution is 0.250. The quantitative estimate of drug-likeness (QED) is 0.568. The maximum atomic E-state index is 8.68. The van der Waals surface area contributed by atoms with Gasteiger partial charge >= 0.3 is 0 Å². The molecule has 0 radical (unpaired) electrons. The Kier molecular flexibility index (Phi) is 3.07. The number of nitrogens with one attached hydrogen (secondary N) is 2. The van der Waals surface area contributed by atoms with Gasteiger partial charge in [-0.1, -0.05) is 0 Å². The molecule has 0 aliphatic carbocycles. The van der Waals surface area contributed by atoms with Crippen LogP contribution in [0.1, 0.15) is 12.6 Å². The molecule has 0 amide bonds. The lowest BCUT2D eigenvalue weighted by Gasteiger charge is -2.08. The van der Waals surface area contributed by atoms with E-state index in [1.54, 1.807) is 12.5 Å². The van der Waals surface area contributed by atoms with Crippen molar-refractivity contribution in [3.63, 3.8) is 0 Å². The largest absolute Gasteiger partial charge is 0.395 e. The van der Waals surface area contributed by atoms with E-state index < -0.39 is 0 Å². The van der Waals surface area contributed by atoms with Crippen LogP contribution in [-0.2, 0) is 6.54 Å². The Bertz CT molecular complexity index is 186. The van der Waals surface area contributed by atoms with Crippen molar-refractivity contribution in [2.24, 2.45) is 0 Å². The van der Waals surface area contributed by atoms with Gasteiger partial charge in [0, 0.05) is 24.5 Å². The normalized spacial score (nSPS) is 13.3. The van der Waals surface area contributed by atoms with E-state index in [4.69, 9.17) is 5.11 Å². The molecular formula is C7H13N3O. The highest BCUT2D eigenvalue weighted by Gasteiger charge is 1.98. The van der Waals surface area contributed by atoms with Crippen molar-refractivity contribution in [3.8, 4) is 0 Å². The van der Waals surface area contributed by atoms with Gasteiger partial charge in [-0.3, -0.25) is 0 Å². The molecule has 0 fully saturated rings. The molecule has 62 valence electrons. The van der Waals surface area contributed by atoms with Gasteiger partial charge in [0.1, 0.15) is 0 Å². The summed E-state index contributed by atoms with van der Waals surface area (Å²) in [6.45, 7) is 2.81. The van der Waals surface area contributed by atoms with Gasteiger partial charge in [-0.15, -0.1) is 0 Å². The molecule has 1 aromatic heterocycles. The summed E-state index contributed by atoms with van der Waals surface area (Å²) in [4.78, 5) is 6.83. The lowest BCUT2D eigenvalue weighted by atomic mass is 10.3. The smallest absolute Gasteiger partial charge is 0.0922 e. The van der Waals surface area contributed by atoms with Crippen molar-refractivity contribution in [3.05, 3.63) is 18.2 Å². The van der Waals surface area contributed by atoms with Crippen LogP contribution in [0.5, 0.6) is 0 Å². The first-order valence-corrected chi connectivity index (χ1v) is 3.64. The van der Waals surface area contributed by atoms with Gasteiger partial charge in [0.25, 0.3) is 0 Å². The standard InChI is InChI=1S/C7H13N3O/c1-6(4-11)9-3-7-2-8-5-10-7/h2,5-6,9,11H,3-4H2,1H3,(H,8,10)/t6-/m1/s1. The highest BCUT2D eigenvalue weighted by Crippen LogP contribution is 1.90. The summed E-state index contributed by atoms with van der Waals surface area (Å²) in [5, 5.41) is 11.8. The molecule has 0 aliphatic rings. The minimum atomic E-state index is 0.137. The molecule has 0 spiro atoms. The Balaban J connectivity index is 2.23. The molecule has 0 unspecified atom stereocenters. The van der Waals surface area contributed by atoms with E-state index >= 15 is 0 Å². The number of imidazole rings is 1. The summed E-state index contributed by atoms with van der Waals surface area (Å²) in [6, 6.07) is 0.137. The van der Waals surface area contributed by atoms with Gasteiger partial charge in [-0.05, 0) is 6.92 Å². The number of aliphatic hydroxyl groups is 1. The van der Waals surface area contributed by atoms with E-state index in [0.29, 0.717) is 0 Å². The number of hydrogen-bond acceptors (Lipinski definition) is 3. The molecule has 0 saturated carbocycles. The third kappa shape index (κ3) is 2.69. The Labute approximate surface area is 65.7 Å². The number of rotatable bonds is 4. The zero-order chi connectivity index (χ0) is 8.10. The Morgan fingerprint density at radius 3 is 3.18 bits per heavy atom. The van der Waals surface area contributed by atoms with Crippen molar-refractivity contribution in [2.45, 2.75) is 19.5 Å². The molecule has 0 saturated heterocycles. The van der Waals surface area contributed by atoms with Crippen LogP contribution in [0.2, 0.25) is 0 Å². The summed E-state index contributed by atoms with van der Waals surface area (Å²) in [7, 11) is 0. The molecule has 0 aromatic carbocycles. The highest BCUT2D eigenvalue weighted by molar-refractivity contribution is 4.93. The predicted octanol–water partition coefficient (Wildman–Crippen LogP) is -0.120. The van der Waals surface area contributed by atoms with Gasteiger partial charge in [0.05, 0.1) is 12.9 Å². The fourth-order valence-electron chi connectivity index (χ4n) is 0.730. The van der Waals surface area contributed by atoms with Crippen LogP contribution in [0.15, 0.2) is 12.5 Å². The second-order valence-electron chi connectivity index (χ2n) is 2.54. The molecule has 0 bridgehead atoms. The highest BCUT2D eigenvalue weighted by atomic mass is 16.3. The fraction of sp³-hybridized carbons (Fsp3) is 0.571. The van der Waals surface area contributed by atoms with E-state index in [-0.39, 0.29) is 12.6 Å². The molecule has 11 heavy (non-hydrogen) atoms. The minimum absolute atomic E-state index is 0.137. The van der Waals surface area contributed by atoms with Crippen LogP contribution in [0, 0.1) is 0 Å². The Morgan fingerprint density at radius 1 is 1.82 bits per heavy atom. The van der Waals surface area contributed by atoms with E-state index in [2.05, 4.69) is 15.3 Å². The third-order valence-corrected chi connectivity index (χ3v) is 1.47. The van der Waals surface area contributed by atoms with Crippen molar-refractivity contribution in [2.75, 3.05) is 6.61 Å². The van der Waals surface area contributed by atoms with Crippen LogP contribution in [0.4, 0.5) is 0 Å². The average Bonchev–Trinajstić information content (AvgIpc) is 2.52. The van der Waals surface area contributed by atoms with E-state index in [0.717, 1.165) is 12.2 Å². The summed E-state index contributed by atoms with van der Waals surface area (Å²) in [5.74, 6) is 0. The molecule has 3 N–H and O–H groups in total. The number of H-pyrrole nitrogens is 1. The summed E-state index contributed by atoms with van der Waals surface area (Å²) in [6.07, 6.45) is 3.40. The van der Waals surface area contributed by atoms with Gasteiger partial charge < -0.3 is 15.4 Å². The first-order chi connectivity index (χ1) is 5.33. The number of hydrogen-bond donors (Lipinski definition) is 3. The van der Waals surface area contributed by atoms with Crippen LogP contribution >= 0.6 is 0 Å². The van der Waals surface area contributed by atoms with Gasteiger partial charge in [0.2, 0.25) is 0 Å². The first-order valence-electron chi connectivity index (χ1n) is 3.64. The molecule has 1 atom stereocenters. The Hall–Kier alpha value is -0.870. The molecule has 1 heterocycles. The predicted molar refractivity (Wildman–Crippen MR) is 42.0 cm³/mol. The second-order valence-corrected chi connectivity index (χ2v) is 2.54. The van der Waals surface area contributed by atoms with Crippen LogP contribution < -0.4 is 5.32 Å². The number of aromatic nitrogens is 2. The lowest BCUT2D eigenvalue weighted by Crippen LogP contribution is -2.28. The first kappa shape index (κ1) is 8.23. The van der Waals surface area contributed by atoms with E-state index in [1.807, 2.05) is 6.92 Å². The van der Waals surface area contributed by atoms with E-state index in [9.17, 15) is 0 Å². The summed E-state index contributed by atoms with van der Waals surface area (Å²) < 4.78 is 0. The minimum Gasteiger partial charge on any atom is -0.395 e. The van der Waals surface area contributed by atoms with Crippen LogP contribution in [-0.4, -0.2) is 27.7 Å². The monoisotopic (exact) mass is 155 g/mol. The third-order valence-electron chi connectivity index (χ3n) is 1.47. The van der Waals surface area contributed by atoms with Crippen molar-refractivity contribution in [1.82, 2.24) is 15.3 Å². The summed E-state index contributed by atoms with van der Waals surface area (Å²) >= 11 is 0. The van der Waals surface area contributed by atoms with Gasteiger partial charge in [-0.2, -0.15) is 0 Å². The zero-order valence-electron chi connectivity index (χ0n) is 6.54. The molecule has 4 heteroatoms. The van der Waals surface area contributed by atoms with Gasteiger partial charge in [-0.25, -0.2) is 4.98 Å². The second kappa shape index (κ2) is 4.10. The molecular weight excluding hydrogens is 142 g/mol. The van der Waals surface area contributed by atoms with Gasteiger partial charge in [0.15, 0.2) is 0 Å². The van der Waals surface area contributed by atoms with Crippen molar-refractivity contribution in [1.29, 1.82) is 0 Å². The number of aromatic amines is 1. The average molecular weight is 155 g/mol. The maximum Gasteiger partial charge on any atom is 0.0922 e. The molecule has 1 aromatic rings. The maximum absolute atomic E-state index is 8.68. The molecule has 0 aliphatic heterocycles. The van der Waals surface area contributed by atoms with Crippen molar-refractivity contribution >= 4 is 0 Å². The SMILES string of the molecule is C[C@H](CO)NCc1cnc[nH]1. The van der Waals surface area contributed by atoms with Crippen LogP contribution in [0.25, 0.3) is 0 Å². The molecule has 1 rings (SSSR count). The summed E-state index contributed by atoms with van der Waals surface area (Å²) in [5.41, 5.74) is 1.03. The topological polar surface area (TPSA) is 60.9 Å². The van der Waals surface area contributed by atoms with Crippen LogP contribution in [0.3, 0.4) is 0 Å².